The second kappa shape index (κ2) is 6.66. The Kier molecular flexibility index (Phi) is 5.11. The van der Waals surface area contributed by atoms with Gasteiger partial charge in [0, 0.05) is 5.02 Å². The predicted octanol–water partition coefficient (Wildman–Crippen LogP) is 3.36. The second-order valence-electron chi connectivity index (χ2n) is 5.38. The van der Waals surface area contributed by atoms with E-state index in [4.69, 9.17) is 16.7 Å². The van der Waals surface area contributed by atoms with Crippen molar-refractivity contribution in [1.29, 1.82) is 0 Å². The Hall–Kier alpha value is -1.27. The summed E-state index contributed by atoms with van der Waals surface area (Å²) in [7, 11) is -3.56. The number of benzene rings is 1. The molecule has 7 heteroatoms. The number of rotatable bonds is 5. The maximum atomic E-state index is 12.2. The zero-order valence-electron chi connectivity index (χ0n) is 11.5. The van der Waals surface area contributed by atoms with Crippen molar-refractivity contribution in [3.05, 3.63) is 28.8 Å². The Balaban J connectivity index is 2.14. The molecule has 0 aliphatic heterocycles. The molecule has 0 unspecified atom stereocenters. The van der Waals surface area contributed by atoms with Crippen LogP contribution in [0.4, 0.5) is 5.69 Å². The lowest BCUT2D eigenvalue weighted by molar-refractivity contribution is 0.0698. The Morgan fingerprint density at radius 1 is 1.29 bits per heavy atom. The number of carbonyl (C=O) groups is 1. The summed E-state index contributed by atoms with van der Waals surface area (Å²) in [4.78, 5) is 11.2. The molecule has 1 fully saturated rings. The molecule has 0 radical (unpaired) electrons. The standard InChI is InChI=1S/C14H18ClNO4S/c15-11-6-7-13(12(8-11)14(17)18)16-21(19,20)9-10-4-2-1-3-5-10/h6-8,10,16H,1-5,9H2,(H,17,18). The van der Waals surface area contributed by atoms with Crippen molar-refractivity contribution in [2.45, 2.75) is 32.1 Å². The van der Waals surface area contributed by atoms with Crippen molar-refractivity contribution in [2.24, 2.45) is 5.92 Å². The van der Waals surface area contributed by atoms with Gasteiger partial charge in [-0.05, 0) is 37.0 Å². The molecule has 2 rings (SSSR count). The summed E-state index contributed by atoms with van der Waals surface area (Å²) < 4.78 is 26.8. The third kappa shape index (κ3) is 4.61. The number of halogens is 1. The molecule has 21 heavy (non-hydrogen) atoms. The van der Waals surface area contributed by atoms with Crippen molar-refractivity contribution in [3.63, 3.8) is 0 Å². The number of sulfonamides is 1. The van der Waals surface area contributed by atoms with Crippen LogP contribution in [-0.2, 0) is 10.0 Å². The molecule has 1 saturated carbocycles. The first kappa shape index (κ1) is 16.1. The number of nitrogens with one attached hydrogen (secondary N) is 1. The maximum Gasteiger partial charge on any atom is 0.337 e. The van der Waals surface area contributed by atoms with Crippen LogP contribution in [-0.4, -0.2) is 25.2 Å². The number of carboxylic acids is 1. The smallest absolute Gasteiger partial charge is 0.337 e. The first-order valence-corrected chi connectivity index (χ1v) is 8.94. The summed E-state index contributed by atoms with van der Waals surface area (Å²) in [5, 5.41) is 9.37. The van der Waals surface area contributed by atoms with E-state index in [9.17, 15) is 13.2 Å². The van der Waals surface area contributed by atoms with Gasteiger partial charge in [-0.2, -0.15) is 0 Å². The van der Waals surface area contributed by atoms with E-state index in [2.05, 4.69) is 4.72 Å². The highest BCUT2D eigenvalue weighted by atomic mass is 35.5. The van der Waals surface area contributed by atoms with Crippen LogP contribution in [0, 0.1) is 5.92 Å². The molecule has 1 aromatic carbocycles. The van der Waals surface area contributed by atoms with Gasteiger partial charge in [0.05, 0.1) is 17.0 Å². The van der Waals surface area contributed by atoms with E-state index in [1.54, 1.807) is 0 Å². The zero-order chi connectivity index (χ0) is 15.5. The summed E-state index contributed by atoms with van der Waals surface area (Å²) >= 11 is 5.75. The van der Waals surface area contributed by atoms with Crippen molar-refractivity contribution >= 4 is 33.3 Å². The SMILES string of the molecule is O=C(O)c1cc(Cl)ccc1NS(=O)(=O)CC1CCCCC1. The fourth-order valence-corrected chi connectivity index (χ4v) is 4.38. The van der Waals surface area contributed by atoms with Crippen molar-refractivity contribution in [2.75, 3.05) is 10.5 Å². The summed E-state index contributed by atoms with van der Waals surface area (Å²) in [6, 6.07) is 4.08. The molecule has 116 valence electrons. The highest BCUT2D eigenvalue weighted by molar-refractivity contribution is 7.92. The van der Waals surface area contributed by atoms with Crippen LogP contribution in [0.2, 0.25) is 5.02 Å². The van der Waals surface area contributed by atoms with Gasteiger partial charge < -0.3 is 5.11 Å². The van der Waals surface area contributed by atoms with E-state index in [1.165, 1.54) is 18.2 Å². The Bertz CT molecular complexity index is 624. The molecular formula is C14H18ClNO4S. The number of anilines is 1. The fraction of sp³-hybridized carbons (Fsp3) is 0.500. The van der Waals surface area contributed by atoms with Crippen LogP contribution in [0.3, 0.4) is 0 Å². The van der Waals surface area contributed by atoms with E-state index in [0.717, 1.165) is 32.1 Å². The summed E-state index contributed by atoms with van der Waals surface area (Å²) in [5.41, 5.74) is -0.0857. The molecule has 1 aliphatic rings. The second-order valence-corrected chi connectivity index (χ2v) is 7.59. The van der Waals surface area contributed by atoms with Gasteiger partial charge in [0.2, 0.25) is 10.0 Å². The van der Waals surface area contributed by atoms with Crippen LogP contribution in [0.15, 0.2) is 18.2 Å². The van der Waals surface area contributed by atoms with Gasteiger partial charge in [0.15, 0.2) is 0 Å². The van der Waals surface area contributed by atoms with E-state index in [0.29, 0.717) is 0 Å². The lowest BCUT2D eigenvalue weighted by Crippen LogP contribution is -2.25. The summed E-state index contributed by atoms with van der Waals surface area (Å²) in [6.45, 7) is 0. The van der Waals surface area contributed by atoms with E-state index in [1.807, 2.05) is 0 Å². The number of hydrogen-bond donors (Lipinski definition) is 2. The van der Waals surface area contributed by atoms with Gasteiger partial charge in [-0.3, -0.25) is 4.72 Å². The third-order valence-electron chi connectivity index (χ3n) is 3.66. The van der Waals surface area contributed by atoms with E-state index >= 15 is 0 Å². The molecule has 1 aromatic rings. The van der Waals surface area contributed by atoms with Crippen molar-refractivity contribution in [3.8, 4) is 0 Å². The maximum absolute atomic E-state index is 12.2. The molecule has 0 amide bonds. The number of carboxylic acid groups (broad SMARTS) is 1. The summed E-state index contributed by atoms with van der Waals surface area (Å²) in [6.07, 6.45) is 5.09. The average molecular weight is 332 g/mol. The fourth-order valence-electron chi connectivity index (χ4n) is 2.66. The molecule has 2 N–H and O–H groups in total. The number of hydrogen-bond acceptors (Lipinski definition) is 3. The average Bonchev–Trinajstić information content (AvgIpc) is 2.41. The molecule has 0 aromatic heterocycles. The molecule has 0 heterocycles. The van der Waals surface area contributed by atoms with Gasteiger partial charge in [-0.1, -0.05) is 30.9 Å². The minimum absolute atomic E-state index is 0.0364. The molecule has 0 atom stereocenters. The van der Waals surface area contributed by atoms with Crippen LogP contribution in [0.5, 0.6) is 0 Å². The molecule has 1 aliphatic carbocycles. The lowest BCUT2D eigenvalue weighted by atomic mass is 9.91. The van der Waals surface area contributed by atoms with Gasteiger partial charge in [-0.15, -0.1) is 0 Å². The van der Waals surface area contributed by atoms with Crippen molar-refractivity contribution in [1.82, 2.24) is 0 Å². The predicted molar refractivity (Wildman–Crippen MR) is 82.4 cm³/mol. The first-order chi connectivity index (χ1) is 9.87. The van der Waals surface area contributed by atoms with Crippen LogP contribution >= 0.6 is 11.6 Å². The minimum atomic E-state index is -3.56. The van der Waals surface area contributed by atoms with Crippen LogP contribution in [0.25, 0.3) is 0 Å². The summed E-state index contributed by atoms with van der Waals surface area (Å²) in [5.74, 6) is -1.03. The Labute approximate surface area is 129 Å². The van der Waals surface area contributed by atoms with Crippen LogP contribution < -0.4 is 4.72 Å². The largest absolute Gasteiger partial charge is 0.478 e. The molecule has 0 spiro atoms. The highest BCUT2D eigenvalue weighted by Crippen LogP contribution is 2.27. The van der Waals surface area contributed by atoms with E-state index < -0.39 is 16.0 Å². The normalized spacial score (nSPS) is 16.6. The third-order valence-corrected chi connectivity index (χ3v) is 5.33. The lowest BCUT2D eigenvalue weighted by Gasteiger charge is -2.21. The first-order valence-electron chi connectivity index (χ1n) is 6.91. The van der Waals surface area contributed by atoms with Crippen molar-refractivity contribution < 1.29 is 18.3 Å². The number of aromatic carboxylic acids is 1. The van der Waals surface area contributed by atoms with Gasteiger partial charge in [-0.25, -0.2) is 13.2 Å². The van der Waals surface area contributed by atoms with Crippen LogP contribution in [0.1, 0.15) is 42.5 Å². The van der Waals surface area contributed by atoms with Gasteiger partial charge >= 0.3 is 5.97 Å². The zero-order valence-corrected chi connectivity index (χ0v) is 13.1. The minimum Gasteiger partial charge on any atom is -0.478 e. The van der Waals surface area contributed by atoms with Gasteiger partial charge in [0.1, 0.15) is 0 Å². The molecular weight excluding hydrogens is 314 g/mol. The molecule has 0 bridgehead atoms. The van der Waals surface area contributed by atoms with Gasteiger partial charge in [0.25, 0.3) is 0 Å². The quantitative estimate of drug-likeness (QED) is 0.866. The Morgan fingerprint density at radius 2 is 1.95 bits per heavy atom. The van der Waals surface area contributed by atoms with E-state index in [-0.39, 0.29) is 27.9 Å². The topological polar surface area (TPSA) is 83.5 Å². The highest BCUT2D eigenvalue weighted by Gasteiger charge is 2.23. The Morgan fingerprint density at radius 3 is 2.57 bits per heavy atom. The molecule has 0 saturated heterocycles. The molecule has 5 nitrogen and oxygen atoms in total. The monoisotopic (exact) mass is 331 g/mol.